The minimum absolute atomic E-state index is 0.0380. The molecule has 0 radical (unpaired) electrons. The number of halogens is 1. The summed E-state index contributed by atoms with van der Waals surface area (Å²) in [5, 5.41) is 0. The summed E-state index contributed by atoms with van der Waals surface area (Å²) in [5.74, 6) is -1.27. The average molecular weight is 241 g/mol. The molecule has 1 aromatic rings. The van der Waals surface area contributed by atoms with Crippen LogP contribution in [0.4, 0.5) is 4.39 Å². The van der Waals surface area contributed by atoms with Crippen LogP contribution >= 0.6 is 0 Å². The van der Waals surface area contributed by atoms with Crippen molar-refractivity contribution in [3.05, 3.63) is 29.1 Å². The first-order valence-corrected chi connectivity index (χ1v) is 5.24. The minimum atomic E-state index is -1.17. The molecule has 4 nitrogen and oxygen atoms in total. The Labute approximate surface area is 99.5 Å². The Morgan fingerprint density at radius 2 is 2.12 bits per heavy atom. The highest BCUT2D eigenvalue weighted by atomic mass is 19.1. The number of rotatable bonds is 5. The molecule has 1 rings (SSSR count). The molecule has 0 fully saturated rings. The molecule has 1 aromatic carbocycles. The fourth-order valence-electron chi connectivity index (χ4n) is 1.45. The minimum Gasteiger partial charge on any atom is -0.494 e. The molecule has 0 aliphatic carbocycles. The monoisotopic (exact) mass is 241 g/mol. The summed E-state index contributed by atoms with van der Waals surface area (Å²) in [6.07, 6.45) is -0.500. The summed E-state index contributed by atoms with van der Waals surface area (Å²) < 4.78 is 23.5. The van der Waals surface area contributed by atoms with Crippen molar-refractivity contribution in [2.45, 2.75) is 19.6 Å². The largest absolute Gasteiger partial charge is 0.494 e. The van der Waals surface area contributed by atoms with E-state index in [2.05, 4.69) is 4.74 Å². The standard InChI is InChI=1S/C12H16FNO3/c1-4-7-5-8(11(15)12(14)17-3)10(13)9(6-7)16-2/h5-6,12H,4,14H2,1-3H3. The predicted molar refractivity (Wildman–Crippen MR) is 61.6 cm³/mol. The highest BCUT2D eigenvalue weighted by Gasteiger charge is 2.22. The first kappa shape index (κ1) is 13.6. The van der Waals surface area contributed by atoms with Gasteiger partial charge in [0.2, 0.25) is 5.78 Å². The number of hydrogen-bond acceptors (Lipinski definition) is 4. The normalized spacial score (nSPS) is 12.3. The van der Waals surface area contributed by atoms with Crippen molar-refractivity contribution in [3.63, 3.8) is 0 Å². The van der Waals surface area contributed by atoms with Gasteiger partial charge in [-0.05, 0) is 24.1 Å². The van der Waals surface area contributed by atoms with Crippen molar-refractivity contribution < 1.29 is 18.7 Å². The number of ketones is 1. The zero-order chi connectivity index (χ0) is 13.0. The molecule has 1 atom stereocenters. The molecule has 0 aliphatic rings. The van der Waals surface area contributed by atoms with E-state index in [4.69, 9.17) is 10.5 Å². The molecule has 0 saturated carbocycles. The van der Waals surface area contributed by atoms with E-state index in [9.17, 15) is 9.18 Å². The van der Waals surface area contributed by atoms with Gasteiger partial charge in [-0.2, -0.15) is 0 Å². The lowest BCUT2D eigenvalue weighted by molar-refractivity contribution is 0.0619. The zero-order valence-corrected chi connectivity index (χ0v) is 10.1. The van der Waals surface area contributed by atoms with E-state index >= 15 is 0 Å². The fraction of sp³-hybridized carbons (Fsp3) is 0.417. The molecule has 0 bridgehead atoms. The average Bonchev–Trinajstić information content (AvgIpc) is 2.37. The lowest BCUT2D eigenvalue weighted by Gasteiger charge is -2.12. The van der Waals surface area contributed by atoms with Crippen LogP contribution in [-0.4, -0.2) is 26.2 Å². The van der Waals surface area contributed by atoms with E-state index in [-0.39, 0.29) is 11.3 Å². The van der Waals surface area contributed by atoms with E-state index in [1.54, 1.807) is 6.07 Å². The van der Waals surface area contributed by atoms with E-state index in [0.29, 0.717) is 6.42 Å². The number of carbonyl (C=O) groups excluding carboxylic acids is 1. The second-order valence-electron chi connectivity index (χ2n) is 3.53. The van der Waals surface area contributed by atoms with Gasteiger partial charge in [-0.1, -0.05) is 6.92 Å². The van der Waals surface area contributed by atoms with Gasteiger partial charge in [0.25, 0.3) is 0 Å². The molecule has 0 amide bonds. The number of methoxy groups -OCH3 is 2. The maximum Gasteiger partial charge on any atom is 0.209 e. The highest BCUT2D eigenvalue weighted by Crippen LogP contribution is 2.24. The number of Topliss-reactive ketones (excluding diaryl/α,β-unsaturated/α-hetero) is 1. The number of nitrogens with two attached hydrogens (primary N) is 1. The summed E-state index contributed by atoms with van der Waals surface area (Å²) >= 11 is 0. The SMILES string of the molecule is CCc1cc(OC)c(F)c(C(=O)C(N)OC)c1. The third-order valence-corrected chi connectivity index (χ3v) is 2.50. The molecule has 17 heavy (non-hydrogen) atoms. The van der Waals surface area contributed by atoms with Crippen LogP contribution in [0.2, 0.25) is 0 Å². The van der Waals surface area contributed by atoms with Crippen molar-refractivity contribution in [3.8, 4) is 5.75 Å². The second kappa shape index (κ2) is 5.75. The Kier molecular flexibility index (Phi) is 4.60. The topological polar surface area (TPSA) is 61.5 Å². The van der Waals surface area contributed by atoms with Crippen LogP contribution in [0.15, 0.2) is 12.1 Å². The Hall–Kier alpha value is -1.46. The Morgan fingerprint density at radius 1 is 1.47 bits per heavy atom. The van der Waals surface area contributed by atoms with Crippen LogP contribution in [-0.2, 0) is 11.2 Å². The first-order chi connectivity index (χ1) is 8.04. The summed E-state index contributed by atoms with van der Waals surface area (Å²) in [4.78, 5) is 11.8. The lowest BCUT2D eigenvalue weighted by atomic mass is 10.0. The number of aryl methyl sites for hydroxylation is 1. The fourth-order valence-corrected chi connectivity index (χ4v) is 1.45. The first-order valence-electron chi connectivity index (χ1n) is 5.24. The predicted octanol–water partition coefficient (Wildman–Crippen LogP) is 1.51. The molecule has 0 aromatic heterocycles. The van der Waals surface area contributed by atoms with Gasteiger partial charge in [-0.15, -0.1) is 0 Å². The van der Waals surface area contributed by atoms with E-state index in [1.165, 1.54) is 20.3 Å². The molecule has 94 valence electrons. The van der Waals surface area contributed by atoms with Gasteiger partial charge in [-0.25, -0.2) is 4.39 Å². The van der Waals surface area contributed by atoms with Crippen LogP contribution in [0.3, 0.4) is 0 Å². The van der Waals surface area contributed by atoms with Crippen molar-refractivity contribution in [1.82, 2.24) is 0 Å². The third-order valence-electron chi connectivity index (χ3n) is 2.50. The number of ether oxygens (including phenoxy) is 2. The summed E-state index contributed by atoms with van der Waals surface area (Å²) in [5.41, 5.74) is 6.12. The molecule has 0 aliphatic heterocycles. The Bertz CT molecular complexity index is 420. The summed E-state index contributed by atoms with van der Waals surface area (Å²) in [7, 11) is 2.64. The maximum atomic E-state index is 13.9. The van der Waals surface area contributed by atoms with Crippen LogP contribution in [0.25, 0.3) is 0 Å². The van der Waals surface area contributed by atoms with Gasteiger partial charge in [0.1, 0.15) is 0 Å². The van der Waals surface area contributed by atoms with Gasteiger partial charge in [0, 0.05) is 7.11 Å². The third kappa shape index (κ3) is 2.81. The van der Waals surface area contributed by atoms with E-state index < -0.39 is 17.8 Å². The van der Waals surface area contributed by atoms with Crippen LogP contribution in [0, 0.1) is 5.82 Å². The van der Waals surface area contributed by atoms with E-state index in [1.807, 2.05) is 6.92 Å². The number of benzene rings is 1. The molecule has 2 N–H and O–H groups in total. The van der Waals surface area contributed by atoms with Gasteiger partial charge in [-0.3, -0.25) is 10.5 Å². The van der Waals surface area contributed by atoms with Gasteiger partial charge in [0.15, 0.2) is 17.8 Å². The molecular weight excluding hydrogens is 225 g/mol. The molecule has 1 unspecified atom stereocenters. The number of carbonyl (C=O) groups is 1. The van der Waals surface area contributed by atoms with Crippen molar-refractivity contribution in [2.75, 3.05) is 14.2 Å². The highest BCUT2D eigenvalue weighted by molar-refractivity contribution is 5.99. The van der Waals surface area contributed by atoms with E-state index in [0.717, 1.165) is 5.56 Å². The van der Waals surface area contributed by atoms with Crippen molar-refractivity contribution in [1.29, 1.82) is 0 Å². The van der Waals surface area contributed by atoms with Crippen LogP contribution < -0.4 is 10.5 Å². The Morgan fingerprint density at radius 3 is 2.59 bits per heavy atom. The lowest BCUT2D eigenvalue weighted by Crippen LogP contribution is -2.33. The smallest absolute Gasteiger partial charge is 0.209 e. The summed E-state index contributed by atoms with van der Waals surface area (Å²) in [6.45, 7) is 1.90. The summed E-state index contributed by atoms with van der Waals surface area (Å²) in [6, 6.07) is 3.03. The number of hydrogen-bond donors (Lipinski definition) is 1. The quantitative estimate of drug-likeness (QED) is 0.627. The van der Waals surface area contributed by atoms with Crippen LogP contribution in [0.1, 0.15) is 22.8 Å². The maximum absolute atomic E-state index is 13.9. The molecule has 0 spiro atoms. The van der Waals surface area contributed by atoms with Gasteiger partial charge in [0.05, 0.1) is 12.7 Å². The molecule has 0 saturated heterocycles. The molecular formula is C12H16FNO3. The zero-order valence-electron chi connectivity index (χ0n) is 10.1. The Balaban J connectivity index is 3.26. The van der Waals surface area contributed by atoms with Gasteiger partial charge < -0.3 is 9.47 Å². The van der Waals surface area contributed by atoms with Crippen molar-refractivity contribution in [2.24, 2.45) is 5.73 Å². The van der Waals surface area contributed by atoms with Crippen molar-refractivity contribution >= 4 is 5.78 Å². The molecule has 5 heteroatoms. The van der Waals surface area contributed by atoms with Gasteiger partial charge >= 0.3 is 0 Å². The van der Waals surface area contributed by atoms with Crippen LogP contribution in [0.5, 0.6) is 5.75 Å². The second-order valence-corrected chi connectivity index (χ2v) is 3.53. The molecule has 0 heterocycles.